The largest absolute Gasteiger partial charge is 0.344 e. The molecule has 0 amide bonds. The summed E-state index contributed by atoms with van der Waals surface area (Å²) in [6, 6.07) is 13.2. The zero-order chi connectivity index (χ0) is 13.0. The number of nitriles is 1. The van der Waals surface area contributed by atoms with E-state index in [9.17, 15) is 0 Å². The van der Waals surface area contributed by atoms with Gasteiger partial charge in [0.1, 0.15) is 5.82 Å². The van der Waals surface area contributed by atoms with Crippen LogP contribution in [0.1, 0.15) is 5.56 Å². The average Bonchev–Trinajstić information content (AvgIpc) is 2.46. The predicted molar refractivity (Wildman–Crippen MR) is 71.3 cm³/mol. The van der Waals surface area contributed by atoms with Crippen molar-refractivity contribution in [2.24, 2.45) is 5.84 Å². The maximum absolute atomic E-state index is 8.76. The molecule has 0 atom stereocenters. The number of rotatable bonds is 3. The minimum atomic E-state index is 0.605. The van der Waals surface area contributed by atoms with Crippen molar-refractivity contribution >= 4 is 17.2 Å². The summed E-state index contributed by atoms with van der Waals surface area (Å²) in [6.07, 6.45) is 1.69. The number of nitrogens with zero attached hydrogens (tertiary/aromatic N) is 3. The quantitative estimate of drug-likeness (QED) is 0.632. The number of nitrogens with two attached hydrogens (primary N) is 1. The molecule has 2 rings (SSSR count). The van der Waals surface area contributed by atoms with Gasteiger partial charge >= 0.3 is 0 Å². The minimum absolute atomic E-state index is 0.605. The number of hydrogen-bond acceptors (Lipinski definition) is 5. The highest BCUT2D eigenvalue weighted by Crippen LogP contribution is 2.24. The molecule has 18 heavy (non-hydrogen) atoms. The maximum atomic E-state index is 8.76. The van der Waals surface area contributed by atoms with Crippen LogP contribution >= 0.6 is 0 Å². The summed E-state index contributed by atoms with van der Waals surface area (Å²) in [5.74, 6) is 5.93. The van der Waals surface area contributed by atoms with Gasteiger partial charge in [-0.05, 0) is 30.3 Å². The van der Waals surface area contributed by atoms with E-state index in [1.165, 1.54) is 0 Å². The topological polar surface area (TPSA) is 78.0 Å². The van der Waals surface area contributed by atoms with Crippen molar-refractivity contribution in [1.82, 2.24) is 4.98 Å². The molecule has 0 aliphatic heterocycles. The molecule has 0 aliphatic rings. The molecule has 0 fully saturated rings. The molecule has 0 spiro atoms. The number of aromatic nitrogens is 1. The van der Waals surface area contributed by atoms with Crippen LogP contribution in [0.25, 0.3) is 0 Å². The Balaban J connectivity index is 2.29. The Morgan fingerprint density at radius 2 is 1.94 bits per heavy atom. The first-order chi connectivity index (χ1) is 8.74. The molecule has 90 valence electrons. The second-order valence-electron chi connectivity index (χ2n) is 3.76. The smallest absolute Gasteiger partial charge is 0.141 e. The van der Waals surface area contributed by atoms with Crippen LogP contribution in [0.4, 0.5) is 17.2 Å². The SMILES string of the molecule is CN(c1ccc(C#N)cc1)c1ccnc(NN)c1. The van der Waals surface area contributed by atoms with Crippen LogP contribution in [-0.2, 0) is 0 Å². The molecule has 0 aliphatic carbocycles. The number of anilines is 3. The highest BCUT2D eigenvalue weighted by Gasteiger charge is 2.05. The normalized spacial score (nSPS) is 9.61. The predicted octanol–water partition coefficient (Wildman–Crippen LogP) is 2.01. The third-order valence-corrected chi connectivity index (χ3v) is 2.66. The lowest BCUT2D eigenvalue weighted by Gasteiger charge is -2.19. The Hall–Kier alpha value is -2.58. The number of pyridine rings is 1. The first kappa shape index (κ1) is 11.9. The van der Waals surface area contributed by atoms with Gasteiger partial charge in [0.25, 0.3) is 0 Å². The maximum Gasteiger partial charge on any atom is 0.141 e. The fourth-order valence-corrected chi connectivity index (χ4v) is 1.62. The van der Waals surface area contributed by atoms with Crippen molar-refractivity contribution in [3.05, 3.63) is 48.2 Å². The molecular formula is C13H13N5. The molecule has 0 saturated heterocycles. The standard InChI is InChI=1S/C13H13N5/c1-18(11-4-2-10(9-14)3-5-11)12-6-7-16-13(8-12)17-15/h2-8H,15H2,1H3,(H,16,17). The first-order valence-corrected chi connectivity index (χ1v) is 5.41. The van der Waals surface area contributed by atoms with Crippen LogP contribution in [0, 0.1) is 11.3 Å². The van der Waals surface area contributed by atoms with E-state index in [0.717, 1.165) is 11.4 Å². The zero-order valence-electron chi connectivity index (χ0n) is 9.96. The number of benzene rings is 1. The van der Waals surface area contributed by atoms with Gasteiger partial charge in [-0.15, -0.1) is 0 Å². The van der Waals surface area contributed by atoms with Crippen molar-refractivity contribution in [3.8, 4) is 6.07 Å². The van der Waals surface area contributed by atoms with Gasteiger partial charge in [-0.25, -0.2) is 10.8 Å². The Morgan fingerprint density at radius 1 is 1.22 bits per heavy atom. The van der Waals surface area contributed by atoms with Crippen LogP contribution in [0.3, 0.4) is 0 Å². The lowest BCUT2D eigenvalue weighted by molar-refractivity contribution is 1.17. The Bertz CT molecular complexity index is 571. The van der Waals surface area contributed by atoms with Gasteiger partial charge in [-0.3, -0.25) is 0 Å². The highest BCUT2D eigenvalue weighted by molar-refractivity contribution is 5.65. The van der Waals surface area contributed by atoms with Gasteiger partial charge < -0.3 is 10.3 Å². The summed E-state index contributed by atoms with van der Waals surface area (Å²) in [5.41, 5.74) is 5.11. The van der Waals surface area contributed by atoms with Crippen LogP contribution in [-0.4, -0.2) is 12.0 Å². The van der Waals surface area contributed by atoms with E-state index in [1.807, 2.05) is 36.2 Å². The molecule has 0 radical (unpaired) electrons. The molecule has 5 nitrogen and oxygen atoms in total. The van der Waals surface area contributed by atoms with Gasteiger partial charge in [-0.1, -0.05) is 0 Å². The van der Waals surface area contributed by atoms with E-state index in [4.69, 9.17) is 11.1 Å². The van der Waals surface area contributed by atoms with Crippen molar-refractivity contribution in [3.63, 3.8) is 0 Å². The Kier molecular flexibility index (Phi) is 3.41. The number of nitrogens with one attached hydrogen (secondary N) is 1. The Morgan fingerprint density at radius 3 is 2.56 bits per heavy atom. The third-order valence-electron chi connectivity index (χ3n) is 2.66. The van der Waals surface area contributed by atoms with E-state index >= 15 is 0 Å². The molecule has 5 heteroatoms. The number of hydrazine groups is 1. The Labute approximate surface area is 105 Å². The molecule has 0 unspecified atom stereocenters. The van der Waals surface area contributed by atoms with E-state index in [0.29, 0.717) is 11.4 Å². The molecule has 1 aromatic heterocycles. The average molecular weight is 239 g/mol. The van der Waals surface area contributed by atoms with Gasteiger partial charge in [0.05, 0.1) is 11.6 Å². The second kappa shape index (κ2) is 5.17. The molecule has 2 aromatic rings. The fourth-order valence-electron chi connectivity index (χ4n) is 1.62. The molecule has 0 saturated carbocycles. The van der Waals surface area contributed by atoms with Crippen molar-refractivity contribution < 1.29 is 0 Å². The zero-order valence-corrected chi connectivity index (χ0v) is 9.96. The van der Waals surface area contributed by atoms with E-state index in [2.05, 4.69) is 16.5 Å². The van der Waals surface area contributed by atoms with Gasteiger partial charge in [0.2, 0.25) is 0 Å². The van der Waals surface area contributed by atoms with E-state index in [-0.39, 0.29) is 0 Å². The molecule has 1 heterocycles. The number of hydrogen-bond donors (Lipinski definition) is 2. The summed E-state index contributed by atoms with van der Waals surface area (Å²) in [4.78, 5) is 6.05. The van der Waals surface area contributed by atoms with E-state index in [1.54, 1.807) is 18.3 Å². The molecule has 3 N–H and O–H groups in total. The van der Waals surface area contributed by atoms with Gasteiger partial charge in [0.15, 0.2) is 0 Å². The summed E-state index contributed by atoms with van der Waals surface area (Å²) in [6.45, 7) is 0. The van der Waals surface area contributed by atoms with Gasteiger partial charge in [0, 0.05) is 30.7 Å². The lowest BCUT2D eigenvalue weighted by atomic mass is 10.2. The van der Waals surface area contributed by atoms with Crippen molar-refractivity contribution in [2.45, 2.75) is 0 Å². The highest BCUT2D eigenvalue weighted by atomic mass is 15.2. The first-order valence-electron chi connectivity index (χ1n) is 5.41. The summed E-state index contributed by atoms with van der Waals surface area (Å²) in [5, 5.41) is 8.76. The van der Waals surface area contributed by atoms with Crippen LogP contribution < -0.4 is 16.2 Å². The van der Waals surface area contributed by atoms with Crippen molar-refractivity contribution in [2.75, 3.05) is 17.4 Å². The van der Waals surface area contributed by atoms with Crippen molar-refractivity contribution in [1.29, 1.82) is 5.26 Å². The van der Waals surface area contributed by atoms with Crippen LogP contribution in [0.15, 0.2) is 42.6 Å². The third kappa shape index (κ3) is 2.39. The minimum Gasteiger partial charge on any atom is -0.344 e. The van der Waals surface area contributed by atoms with Crippen LogP contribution in [0.2, 0.25) is 0 Å². The lowest BCUT2D eigenvalue weighted by Crippen LogP contribution is -2.12. The summed E-state index contributed by atoms with van der Waals surface area (Å²) in [7, 11) is 1.94. The van der Waals surface area contributed by atoms with Crippen LogP contribution in [0.5, 0.6) is 0 Å². The molecular weight excluding hydrogens is 226 g/mol. The fraction of sp³-hybridized carbons (Fsp3) is 0.0769. The monoisotopic (exact) mass is 239 g/mol. The molecule has 1 aromatic carbocycles. The number of nitrogen functional groups attached to an aromatic ring is 1. The molecule has 0 bridgehead atoms. The second-order valence-corrected chi connectivity index (χ2v) is 3.76. The summed E-state index contributed by atoms with van der Waals surface area (Å²) >= 11 is 0. The summed E-state index contributed by atoms with van der Waals surface area (Å²) < 4.78 is 0. The van der Waals surface area contributed by atoms with Gasteiger partial charge in [-0.2, -0.15) is 5.26 Å². The van der Waals surface area contributed by atoms with E-state index < -0.39 is 0 Å².